The van der Waals surface area contributed by atoms with Gasteiger partial charge in [-0.3, -0.25) is 0 Å². The molecule has 0 saturated heterocycles. The van der Waals surface area contributed by atoms with Gasteiger partial charge in [0.2, 0.25) is 0 Å². The molecule has 0 amide bonds. The van der Waals surface area contributed by atoms with Crippen molar-refractivity contribution in [2.45, 2.75) is 38.5 Å². The Balaban J connectivity index is 2.07. The summed E-state index contributed by atoms with van der Waals surface area (Å²) in [6, 6.07) is 1.95. The normalized spacial score (nSPS) is 15.6. The third kappa shape index (κ3) is 3.35. The van der Waals surface area contributed by atoms with Crippen molar-refractivity contribution in [1.29, 1.82) is 0 Å². The van der Waals surface area contributed by atoms with Crippen LogP contribution in [-0.4, -0.2) is 16.5 Å². The van der Waals surface area contributed by atoms with E-state index < -0.39 is 0 Å². The molecule has 2 aromatic heterocycles. The lowest BCUT2D eigenvalue weighted by Gasteiger charge is -2.15. The lowest BCUT2D eigenvalue weighted by atomic mass is 10.0. The summed E-state index contributed by atoms with van der Waals surface area (Å²) in [5, 5.41) is 6.05. The molecule has 0 spiro atoms. The zero-order valence-corrected chi connectivity index (χ0v) is 15.6. The second kappa shape index (κ2) is 6.79. The molecule has 1 saturated carbocycles. The van der Waals surface area contributed by atoms with Gasteiger partial charge in [-0.1, -0.05) is 24.4 Å². The number of anilines is 1. The van der Waals surface area contributed by atoms with E-state index in [0.29, 0.717) is 5.92 Å². The third-order valence-electron chi connectivity index (χ3n) is 3.75. The van der Waals surface area contributed by atoms with E-state index in [4.69, 9.17) is 21.6 Å². The third-order valence-corrected chi connectivity index (χ3v) is 6.09. The minimum Gasteiger partial charge on any atom is -0.369 e. The van der Waals surface area contributed by atoms with Crippen LogP contribution in [0, 0.1) is 3.57 Å². The van der Waals surface area contributed by atoms with Gasteiger partial charge < -0.3 is 5.32 Å². The Labute approximate surface area is 147 Å². The molecule has 2 aromatic rings. The molecule has 2 heterocycles. The maximum atomic E-state index is 6.05. The topological polar surface area (TPSA) is 37.8 Å². The number of aromatic nitrogens is 2. The van der Waals surface area contributed by atoms with Crippen molar-refractivity contribution < 1.29 is 0 Å². The lowest BCUT2D eigenvalue weighted by molar-refractivity contribution is 0.691. The van der Waals surface area contributed by atoms with E-state index in [1.165, 1.54) is 34.9 Å². The van der Waals surface area contributed by atoms with E-state index in [1.54, 1.807) is 11.3 Å². The van der Waals surface area contributed by atoms with Gasteiger partial charge in [-0.05, 0) is 48.4 Å². The number of rotatable bonds is 4. The van der Waals surface area contributed by atoms with Gasteiger partial charge in [0, 0.05) is 17.8 Å². The van der Waals surface area contributed by atoms with Crippen LogP contribution in [0.1, 0.15) is 44.2 Å². The van der Waals surface area contributed by atoms with Crippen LogP contribution in [0.25, 0.3) is 10.7 Å². The summed E-state index contributed by atoms with van der Waals surface area (Å²) in [6.07, 6.45) is 5.09. The smallest absolute Gasteiger partial charge is 0.171 e. The van der Waals surface area contributed by atoms with Gasteiger partial charge in [0.15, 0.2) is 5.82 Å². The summed E-state index contributed by atoms with van der Waals surface area (Å²) in [4.78, 5) is 10.6. The fraction of sp³-hybridized carbons (Fsp3) is 0.467. The summed E-state index contributed by atoms with van der Waals surface area (Å²) in [5.74, 6) is 2.33. The minimum absolute atomic E-state index is 0.575. The Morgan fingerprint density at radius 3 is 2.76 bits per heavy atom. The van der Waals surface area contributed by atoms with Gasteiger partial charge in [0.05, 0.1) is 19.2 Å². The molecule has 1 fully saturated rings. The molecule has 0 bridgehead atoms. The summed E-state index contributed by atoms with van der Waals surface area (Å²) >= 11 is 10.0. The van der Waals surface area contributed by atoms with Crippen molar-refractivity contribution in [3.63, 3.8) is 0 Å². The highest BCUT2D eigenvalue weighted by atomic mass is 127. The molecule has 1 aliphatic rings. The first-order chi connectivity index (χ1) is 10.2. The highest BCUT2D eigenvalue weighted by molar-refractivity contribution is 14.1. The standard InChI is InChI=1S/C15H17ClIN3S/c1-2-18-15-12(17)13(9-5-3-4-6-9)19-14(20-15)11-7-10(16)8-21-11/h7-9H,2-6H2,1H3,(H,18,19,20). The number of halogens is 2. The van der Waals surface area contributed by atoms with Crippen LogP contribution in [0.15, 0.2) is 11.4 Å². The molecule has 0 unspecified atom stereocenters. The largest absolute Gasteiger partial charge is 0.369 e. The molecule has 3 rings (SSSR count). The SMILES string of the molecule is CCNc1nc(-c2cc(Cl)cs2)nc(C2CCCC2)c1I. The van der Waals surface area contributed by atoms with E-state index in [-0.39, 0.29) is 0 Å². The maximum absolute atomic E-state index is 6.05. The van der Waals surface area contributed by atoms with Crippen molar-refractivity contribution >= 4 is 51.3 Å². The number of thiophene rings is 1. The predicted molar refractivity (Wildman–Crippen MR) is 98.4 cm³/mol. The van der Waals surface area contributed by atoms with Crippen LogP contribution in [0.4, 0.5) is 5.82 Å². The Morgan fingerprint density at radius 1 is 1.38 bits per heavy atom. The first-order valence-corrected chi connectivity index (χ1v) is 9.58. The number of hydrogen-bond acceptors (Lipinski definition) is 4. The van der Waals surface area contributed by atoms with E-state index in [0.717, 1.165) is 28.1 Å². The van der Waals surface area contributed by atoms with Gasteiger partial charge in [-0.15, -0.1) is 11.3 Å². The molecule has 6 heteroatoms. The van der Waals surface area contributed by atoms with Crippen LogP contribution in [0.5, 0.6) is 0 Å². The van der Waals surface area contributed by atoms with Crippen LogP contribution < -0.4 is 5.32 Å². The van der Waals surface area contributed by atoms with Gasteiger partial charge in [-0.2, -0.15) is 0 Å². The average Bonchev–Trinajstić information content (AvgIpc) is 3.12. The molecule has 1 aliphatic carbocycles. The van der Waals surface area contributed by atoms with Crippen molar-refractivity contribution in [2.24, 2.45) is 0 Å². The fourth-order valence-electron chi connectivity index (χ4n) is 2.76. The zero-order valence-electron chi connectivity index (χ0n) is 11.8. The summed E-state index contributed by atoms with van der Waals surface area (Å²) in [7, 11) is 0. The molecule has 112 valence electrons. The average molecular weight is 434 g/mol. The Kier molecular flexibility index (Phi) is 5.01. The van der Waals surface area contributed by atoms with Crippen molar-refractivity contribution in [3.05, 3.63) is 25.7 Å². The molecule has 0 radical (unpaired) electrons. The van der Waals surface area contributed by atoms with E-state index >= 15 is 0 Å². The monoisotopic (exact) mass is 433 g/mol. The summed E-state index contributed by atoms with van der Waals surface area (Å²) in [6.45, 7) is 2.96. The Hall–Kier alpha value is -0.400. The molecular weight excluding hydrogens is 417 g/mol. The molecule has 0 aliphatic heterocycles. The highest BCUT2D eigenvalue weighted by Gasteiger charge is 2.24. The van der Waals surface area contributed by atoms with Crippen molar-refractivity contribution in [1.82, 2.24) is 9.97 Å². The fourth-order valence-corrected chi connectivity index (χ4v) is 4.64. The molecule has 0 aromatic carbocycles. The second-order valence-corrected chi connectivity index (χ2v) is 7.66. The Morgan fingerprint density at radius 2 is 2.14 bits per heavy atom. The molecule has 0 atom stereocenters. The van der Waals surface area contributed by atoms with Crippen LogP contribution in [0.3, 0.4) is 0 Å². The highest BCUT2D eigenvalue weighted by Crippen LogP contribution is 2.38. The molecule has 3 nitrogen and oxygen atoms in total. The van der Waals surface area contributed by atoms with Crippen molar-refractivity contribution in [3.8, 4) is 10.7 Å². The first kappa shape index (κ1) is 15.5. The van der Waals surface area contributed by atoms with Crippen LogP contribution in [-0.2, 0) is 0 Å². The summed E-state index contributed by atoms with van der Waals surface area (Å²) < 4.78 is 1.17. The molecule has 21 heavy (non-hydrogen) atoms. The van der Waals surface area contributed by atoms with Crippen LogP contribution in [0.2, 0.25) is 5.02 Å². The maximum Gasteiger partial charge on any atom is 0.171 e. The van der Waals surface area contributed by atoms with Gasteiger partial charge in [0.1, 0.15) is 5.82 Å². The van der Waals surface area contributed by atoms with E-state index in [1.807, 2.05) is 11.4 Å². The van der Waals surface area contributed by atoms with Gasteiger partial charge >= 0.3 is 0 Å². The minimum atomic E-state index is 0.575. The predicted octanol–water partition coefficient (Wildman–Crippen LogP) is 5.55. The lowest BCUT2D eigenvalue weighted by Crippen LogP contribution is -2.09. The van der Waals surface area contributed by atoms with Crippen molar-refractivity contribution in [2.75, 3.05) is 11.9 Å². The first-order valence-electron chi connectivity index (χ1n) is 7.24. The van der Waals surface area contributed by atoms with Gasteiger partial charge in [-0.25, -0.2) is 9.97 Å². The van der Waals surface area contributed by atoms with E-state index in [2.05, 4.69) is 34.8 Å². The van der Waals surface area contributed by atoms with Gasteiger partial charge in [0.25, 0.3) is 0 Å². The summed E-state index contributed by atoms with van der Waals surface area (Å²) in [5.41, 5.74) is 1.21. The quantitative estimate of drug-likeness (QED) is 0.642. The number of nitrogens with zero attached hydrogens (tertiary/aromatic N) is 2. The zero-order chi connectivity index (χ0) is 14.8. The Bertz CT molecular complexity index is 638. The number of hydrogen-bond donors (Lipinski definition) is 1. The molecule has 1 N–H and O–H groups in total. The van der Waals surface area contributed by atoms with Crippen LogP contribution >= 0.6 is 45.5 Å². The molecular formula is C15H17ClIN3S. The van der Waals surface area contributed by atoms with E-state index in [9.17, 15) is 0 Å². The number of nitrogens with one attached hydrogen (secondary N) is 1. The second-order valence-electron chi connectivity index (χ2n) is 5.24.